The van der Waals surface area contributed by atoms with Crippen molar-refractivity contribution in [1.82, 2.24) is 5.32 Å². The summed E-state index contributed by atoms with van der Waals surface area (Å²) in [5, 5.41) is 11.4. The van der Waals surface area contributed by atoms with E-state index in [1.807, 2.05) is 0 Å². The molecule has 0 aliphatic heterocycles. The second kappa shape index (κ2) is 3.22. The van der Waals surface area contributed by atoms with Gasteiger partial charge < -0.3 is 10.4 Å². The van der Waals surface area contributed by atoms with Crippen LogP contribution < -0.4 is 5.32 Å². The largest absolute Gasteiger partial charge is 0.394 e. The summed E-state index contributed by atoms with van der Waals surface area (Å²) in [7, 11) is 0. The third kappa shape index (κ3) is 2.98. The fourth-order valence-electron chi connectivity index (χ4n) is 1.01. The van der Waals surface area contributed by atoms with Gasteiger partial charge in [0.15, 0.2) is 0 Å². The van der Waals surface area contributed by atoms with E-state index in [4.69, 9.17) is 5.11 Å². The molecule has 0 spiro atoms. The van der Waals surface area contributed by atoms with E-state index in [1.165, 1.54) is 0 Å². The molecule has 5 heteroatoms. The Bertz CT molecular complexity index is 153. The van der Waals surface area contributed by atoms with Gasteiger partial charge in [0.05, 0.1) is 13.0 Å². The second-order valence-electron chi connectivity index (χ2n) is 3.23. The molecule has 72 valence electrons. The minimum atomic E-state index is -4.10. The van der Waals surface area contributed by atoms with Gasteiger partial charge in [-0.2, -0.15) is 13.2 Å². The Morgan fingerprint density at radius 1 is 1.33 bits per heavy atom. The predicted octanol–water partition coefficient (Wildman–Crippen LogP) is 1.05. The third-order valence-electron chi connectivity index (χ3n) is 2.06. The van der Waals surface area contributed by atoms with E-state index in [1.54, 1.807) is 0 Å². The lowest BCUT2D eigenvalue weighted by Gasteiger charge is -2.14. The average Bonchev–Trinajstić information content (AvgIpc) is 2.67. The van der Waals surface area contributed by atoms with Crippen LogP contribution in [0.4, 0.5) is 13.2 Å². The van der Waals surface area contributed by atoms with Gasteiger partial charge in [-0.15, -0.1) is 0 Å². The van der Waals surface area contributed by atoms with Crippen molar-refractivity contribution in [2.24, 2.45) is 0 Å². The second-order valence-corrected chi connectivity index (χ2v) is 3.23. The molecule has 0 aromatic heterocycles. The van der Waals surface area contributed by atoms with E-state index in [2.05, 4.69) is 5.32 Å². The summed E-state index contributed by atoms with van der Waals surface area (Å²) in [4.78, 5) is 0. The van der Waals surface area contributed by atoms with Crippen LogP contribution in [0, 0.1) is 0 Å². The summed E-state index contributed by atoms with van der Waals surface area (Å²) in [6, 6.07) is 0. The van der Waals surface area contributed by atoms with Gasteiger partial charge in [0.1, 0.15) is 0 Å². The Labute approximate surface area is 68.8 Å². The molecule has 0 unspecified atom stereocenters. The lowest BCUT2D eigenvalue weighted by molar-refractivity contribution is -0.133. The van der Waals surface area contributed by atoms with Crippen LogP contribution in [0.3, 0.4) is 0 Å². The number of halogens is 3. The summed E-state index contributed by atoms with van der Waals surface area (Å²) in [6.07, 6.45) is -3.37. The first kappa shape index (κ1) is 9.80. The van der Waals surface area contributed by atoms with Crippen LogP contribution >= 0.6 is 0 Å². The lowest BCUT2D eigenvalue weighted by atomic mass is 10.3. The van der Waals surface area contributed by atoms with Gasteiger partial charge in [-0.3, -0.25) is 0 Å². The zero-order valence-corrected chi connectivity index (χ0v) is 6.62. The lowest BCUT2D eigenvalue weighted by Crippen LogP contribution is -2.36. The number of hydrogen-bond acceptors (Lipinski definition) is 2. The first-order valence-electron chi connectivity index (χ1n) is 3.90. The molecule has 1 saturated carbocycles. The van der Waals surface area contributed by atoms with Crippen molar-refractivity contribution in [3.05, 3.63) is 0 Å². The van der Waals surface area contributed by atoms with Crippen molar-refractivity contribution in [2.45, 2.75) is 31.0 Å². The summed E-state index contributed by atoms with van der Waals surface area (Å²) in [5.74, 6) is 0. The molecule has 0 amide bonds. The van der Waals surface area contributed by atoms with Gasteiger partial charge >= 0.3 is 6.18 Å². The molecule has 2 N–H and O–H groups in total. The molecule has 0 atom stereocenters. The number of alkyl halides is 3. The third-order valence-corrected chi connectivity index (χ3v) is 2.06. The van der Waals surface area contributed by atoms with Crippen LogP contribution in [0.15, 0.2) is 0 Å². The highest BCUT2D eigenvalue weighted by molar-refractivity contribution is 5.01. The van der Waals surface area contributed by atoms with Crippen molar-refractivity contribution in [3.8, 4) is 0 Å². The van der Waals surface area contributed by atoms with Gasteiger partial charge in [-0.25, -0.2) is 0 Å². The minimum absolute atomic E-state index is 0.0646. The highest BCUT2D eigenvalue weighted by atomic mass is 19.4. The van der Waals surface area contributed by atoms with Crippen LogP contribution in [0.5, 0.6) is 0 Å². The number of nitrogens with one attached hydrogen (secondary N) is 1. The Morgan fingerprint density at radius 3 is 2.25 bits per heavy atom. The molecule has 1 aliphatic rings. The van der Waals surface area contributed by atoms with E-state index >= 15 is 0 Å². The minimum Gasteiger partial charge on any atom is -0.394 e. The van der Waals surface area contributed by atoms with E-state index in [0.717, 1.165) is 12.8 Å². The van der Waals surface area contributed by atoms with Crippen molar-refractivity contribution < 1.29 is 18.3 Å². The zero-order valence-electron chi connectivity index (χ0n) is 6.62. The average molecular weight is 183 g/mol. The molecule has 1 rings (SSSR count). The standard InChI is InChI=1S/C7H12F3NO/c8-7(9,10)3-4-11-6(5-12)1-2-6/h11-12H,1-5H2. The summed E-state index contributed by atoms with van der Waals surface area (Å²) in [6.45, 7) is -0.158. The smallest absolute Gasteiger partial charge is 0.390 e. The SMILES string of the molecule is OCC1(NCCC(F)(F)F)CC1. The fourth-order valence-corrected chi connectivity index (χ4v) is 1.01. The summed E-state index contributed by atoms with van der Waals surface area (Å²) < 4.78 is 35.0. The molecule has 0 aromatic rings. The number of hydrogen-bond donors (Lipinski definition) is 2. The van der Waals surface area contributed by atoms with E-state index < -0.39 is 12.6 Å². The highest BCUT2D eigenvalue weighted by Crippen LogP contribution is 2.34. The summed E-state index contributed by atoms with van der Waals surface area (Å²) >= 11 is 0. The molecule has 0 aromatic carbocycles. The van der Waals surface area contributed by atoms with E-state index in [0.29, 0.717) is 0 Å². The van der Waals surface area contributed by atoms with Crippen LogP contribution in [-0.2, 0) is 0 Å². The number of aliphatic hydroxyl groups is 1. The monoisotopic (exact) mass is 183 g/mol. The predicted molar refractivity (Wildman–Crippen MR) is 37.7 cm³/mol. The molecular formula is C7H12F3NO. The molecule has 0 heterocycles. The van der Waals surface area contributed by atoms with Crippen LogP contribution in [0.25, 0.3) is 0 Å². The van der Waals surface area contributed by atoms with Crippen molar-refractivity contribution in [2.75, 3.05) is 13.2 Å². The molecule has 1 fully saturated rings. The molecule has 0 radical (unpaired) electrons. The van der Waals surface area contributed by atoms with Crippen molar-refractivity contribution >= 4 is 0 Å². The molecule has 12 heavy (non-hydrogen) atoms. The number of rotatable bonds is 4. The Hall–Kier alpha value is -0.290. The maximum atomic E-state index is 11.7. The topological polar surface area (TPSA) is 32.3 Å². The van der Waals surface area contributed by atoms with Gasteiger partial charge in [0.2, 0.25) is 0 Å². The maximum Gasteiger partial charge on any atom is 0.390 e. The van der Waals surface area contributed by atoms with Crippen molar-refractivity contribution in [3.63, 3.8) is 0 Å². The first-order valence-corrected chi connectivity index (χ1v) is 3.90. The number of aliphatic hydroxyl groups excluding tert-OH is 1. The van der Waals surface area contributed by atoms with Gasteiger partial charge in [-0.1, -0.05) is 0 Å². The van der Waals surface area contributed by atoms with Gasteiger partial charge in [0, 0.05) is 12.1 Å². The molecular weight excluding hydrogens is 171 g/mol. The normalized spacial score (nSPS) is 21.0. The zero-order chi connectivity index (χ0) is 9.24. The van der Waals surface area contributed by atoms with E-state index in [9.17, 15) is 13.2 Å². The van der Waals surface area contributed by atoms with Crippen LogP contribution in [0.1, 0.15) is 19.3 Å². The first-order chi connectivity index (χ1) is 5.47. The molecule has 1 aliphatic carbocycles. The maximum absolute atomic E-state index is 11.7. The summed E-state index contributed by atoms with van der Waals surface area (Å²) in [5.41, 5.74) is -0.384. The molecule has 0 bridgehead atoms. The molecule has 0 saturated heterocycles. The Kier molecular flexibility index (Phi) is 2.63. The Morgan fingerprint density at radius 2 is 1.92 bits per heavy atom. The van der Waals surface area contributed by atoms with E-state index in [-0.39, 0.29) is 18.7 Å². The Balaban J connectivity index is 2.10. The van der Waals surface area contributed by atoms with Gasteiger partial charge in [0.25, 0.3) is 0 Å². The van der Waals surface area contributed by atoms with Crippen molar-refractivity contribution in [1.29, 1.82) is 0 Å². The van der Waals surface area contributed by atoms with Crippen LogP contribution in [0.2, 0.25) is 0 Å². The van der Waals surface area contributed by atoms with Crippen LogP contribution in [-0.4, -0.2) is 30.0 Å². The highest BCUT2D eigenvalue weighted by Gasteiger charge is 2.42. The fraction of sp³-hybridized carbons (Fsp3) is 1.00. The van der Waals surface area contributed by atoms with Gasteiger partial charge in [-0.05, 0) is 12.8 Å². The molecule has 2 nitrogen and oxygen atoms in total. The quantitative estimate of drug-likeness (QED) is 0.682.